The Labute approximate surface area is 154 Å². The molecule has 1 saturated heterocycles. The van der Waals surface area contributed by atoms with Crippen molar-refractivity contribution < 1.29 is 0 Å². The lowest BCUT2D eigenvalue weighted by atomic mass is 10.2. The number of hydrogen-bond donors (Lipinski definition) is 0. The monoisotopic (exact) mass is 355 g/mol. The Morgan fingerprint density at radius 1 is 0.560 bits per heavy atom. The van der Waals surface area contributed by atoms with Crippen molar-refractivity contribution in [3.8, 4) is 0 Å². The summed E-state index contributed by atoms with van der Waals surface area (Å²) in [5.74, 6) is 0. The van der Waals surface area contributed by atoms with Crippen LogP contribution in [0.2, 0.25) is 0 Å². The average Bonchev–Trinajstić information content (AvgIpc) is 2.64. The summed E-state index contributed by atoms with van der Waals surface area (Å²) in [5.41, 5.74) is 5.17. The van der Waals surface area contributed by atoms with Gasteiger partial charge in [-0.05, 0) is 81.8 Å². The molecule has 4 heteroatoms. The molecule has 1 fully saturated rings. The Bertz CT molecular complexity index is 607. The SMILES string of the molecule is CN(C)c1ccc(N(c2ccc(N(C)C)cc2)P2CCCCC2)cc1. The van der Waals surface area contributed by atoms with Crippen molar-refractivity contribution in [2.24, 2.45) is 0 Å². The molecule has 0 radical (unpaired) electrons. The summed E-state index contributed by atoms with van der Waals surface area (Å²) in [6, 6.07) is 18.1. The van der Waals surface area contributed by atoms with Crippen molar-refractivity contribution in [3.05, 3.63) is 48.5 Å². The maximum absolute atomic E-state index is 2.62. The standard InChI is InChI=1S/C21H30N3P/c1-22(2)18-8-12-20(13-9-18)24(25-16-6-5-7-17-25)21-14-10-19(11-15-21)23(3)4/h8-15H,5-7,16-17H2,1-4H3. The molecule has 25 heavy (non-hydrogen) atoms. The molecule has 0 amide bonds. The predicted molar refractivity (Wildman–Crippen MR) is 114 cm³/mol. The van der Waals surface area contributed by atoms with Gasteiger partial charge in [-0.15, -0.1) is 0 Å². The van der Waals surface area contributed by atoms with Crippen LogP contribution in [0.3, 0.4) is 0 Å². The number of rotatable bonds is 5. The van der Waals surface area contributed by atoms with E-state index < -0.39 is 0 Å². The van der Waals surface area contributed by atoms with Crippen LogP contribution in [0.4, 0.5) is 22.7 Å². The quantitative estimate of drug-likeness (QED) is 0.652. The fraction of sp³-hybridized carbons (Fsp3) is 0.429. The van der Waals surface area contributed by atoms with E-state index in [1.54, 1.807) is 0 Å². The summed E-state index contributed by atoms with van der Waals surface area (Å²) in [6.45, 7) is 0. The molecule has 1 heterocycles. The first-order chi connectivity index (χ1) is 12.1. The first-order valence-electron chi connectivity index (χ1n) is 9.16. The van der Waals surface area contributed by atoms with Crippen LogP contribution in [0.25, 0.3) is 0 Å². The van der Waals surface area contributed by atoms with Crippen LogP contribution >= 0.6 is 8.07 Å². The Balaban J connectivity index is 1.94. The zero-order chi connectivity index (χ0) is 17.8. The van der Waals surface area contributed by atoms with Crippen molar-refractivity contribution in [2.45, 2.75) is 19.3 Å². The molecule has 1 aliphatic heterocycles. The topological polar surface area (TPSA) is 9.72 Å². The average molecular weight is 355 g/mol. The lowest BCUT2D eigenvalue weighted by Crippen LogP contribution is -2.17. The minimum Gasteiger partial charge on any atom is -0.378 e. The summed E-state index contributed by atoms with van der Waals surface area (Å²) in [4.78, 5) is 4.32. The highest BCUT2D eigenvalue weighted by atomic mass is 31.1. The summed E-state index contributed by atoms with van der Waals surface area (Å²) < 4.78 is 2.62. The van der Waals surface area contributed by atoms with Gasteiger partial charge in [-0.1, -0.05) is 6.42 Å². The molecular weight excluding hydrogens is 325 g/mol. The van der Waals surface area contributed by atoms with E-state index >= 15 is 0 Å². The van der Waals surface area contributed by atoms with Crippen LogP contribution < -0.4 is 14.5 Å². The molecule has 0 spiro atoms. The highest BCUT2D eigenvalue weighted by Gasteiger charge is 2.23. The Morgan fingerprint density at radius 2 is 0.920 bits per heavy atom. The van der Waals surface area contributed by atoms with Crippen molar-refractivity contribution in [1.82, 2.24) is 0 Å². The highest BCUT2D eigenvalue weighted by Crippen LogP contribution is 2.52. The smallest absolute Gasteiger partial charge is 0.0449 e. The van der Waals surface area contributed by atoms with E-state index in [9.17, 15) is 0 Å². The van der Waals surface area contributed by atoms with Gasteiger partial charge in [0.1, 0.15) is 0 Å². The van der Waals surface area contributed by atoms with E-state index in [4.69, 9.17) is 0 Å². The van der Waals surface area contributed by atoms with Crippen molar-refractivity contribution in [1.29, 1.82) is 0 Å². The molecule has 2 aromatic carbocycles. The summed E-state index contributed by atoms with van der Waals surface area (Å²) in [6.07, 6.45) is 6.83. The molecule has 1 aliphatic rings. The van der Waals surface area contributed by atoms with E-state index in [2.05, 4.69) is 91.2 Å². The van der Waals surface area contributed by atoms with Crippen LogP contribution in [-0.4, -0.2) is 40.5 Å². The fourth-order valence-electron chi connectivity index (χ4n) is 3.34. The van der Waals surface area contributed by atoms with Gasteiger partial charge in [0.15, 0.2) is 0 Å². The van der Waals surface area contributed by atoms with E-state index in [0.29, 0.717) is 0 Å². The minimum absolute atomic E-state index is 0.132. The van der Waals surface area contributed by atoms with Crippen molar-refractivity contribution >= 4 is 30.8 Å². The van der Waals surface area contributed by atoms with Gasteiger partial charge in [0, 0.05) is 50.9 Å². The van der Waals surface area contributed by atoms with E-state index in [1.165, 1.54) is 54.3 Å². The first-order valence-corrected chi connectivity index (χ1v) is 10.8. The molecule has 0 atom stereocenters. The lowest BCUT2D eigenvalue weighted by molar-refractivity contribution is 0.751. The minimum atomic E-state index is -0.132. The van der Waals surface area contributed by atoms with Crippen LogP contribution in [0.1, 0.15) is 19.3 Å². The van der Waals surface area contributed by atoms with Gasteiger partial charge in [-0.2, -0.15) is 0 Å². The molecule has 0 unspecified atom stereocenters. The predicted octanol–water partition coefficient (Wildman–Crippen LogP) is 5.54. The third-order valence-electron chi connectivity index (χ3n) is 4.84. The van der Waals surface area contributed by atoms with Gasteiger partial charge >= 0.3 is 0 Å². The van der Waals surface area contributed by atoms with Gasteiger partial charge in [0.05, 0.1) is 0 Å². The van der Waals surface area contributed by atoms with Gasteiger partial charge in [0.25, 0.3) is 0 Å². The molecule has 0 N–H and O–H groups in total. The van der Waals surface area contributed by atoms with Crippen molar-refractivity contribution in [3.63, 3.8) is 0 Å². The lowest BCUT2D eigenvalue weighted by Gasteiger charge is -2.36. The zero-order valence-corrected chi connectivity index (χ0v) is 16.8. The van der Waals surface area contributed by atoms with Crippen molar-refractivity contribution in [2.75, 3.05) is 55.0 Å². The zero-order valence-electron chi connectivity index (χ0n) is 15.9. The van der Waals surface area contributed by atoms with E-state index in [-0.39, 0.29) is 8.07 Å². The number of benzene rings is 2. The number of nitrogens with zero attached hydrogens (tertiary/aromatic N) is 3. The first kappa shape index (κ1) is 18.1. The largest absolute Gasteiger partial charge is 0.378 e. The maximum atomic E-state index is 2.62. The molecule has 0 aliphatic carbocycles. The molecule has 3 nitrogen and oxygen atoms in total. The van der Waals surface area contributed by atoms with Gasteiger partial charge in [-0.3, -0.25) is 0 Å². The summed E-state index contributed by atoms with van der Waals surface area (Å²) in [5, 5.41) is 0. The van der Waals surface area contributed by atoms with Crippen LogP contribution in [0, 0.1) is 0 Å². The third-order valence-corrected chi connectivity index (χ3v) is 7.53. The molecule has 134 valence electrons. The molecule has 3 rings (SSSR count). The van der Waals surface area contributed by atoms with Crippen LogP contribution in [0.15, 0.2) is 48.5 Å². The maximum Gasteiger partial charge on any atom is 0.0449 e. The number of anilines is 4. The fourth-order valence-corrected chi connectivity index (χ4v) is 6.06. The van der Waals surface area contributed by atoms with Gasteiger partial charge < -0.3 is 14.5 Å². The van der Waals surface area contributed by atoms with Crippen LogP contribution in [-0.2, 0) is 0 Å². The Morgan fingerprint density at radius 3 is 1.28 bits per heavy atom. The second-order valence-electron chi connectivity index (χ2n) is 7.15. The number of hydrogen-bond acceptors (Lipinski definition) is 3. The van der Waals surface area contributed by atoms with E-state index in [1.807, 2.05) is 0 Å². The second kappa shape index (κ2) is 8.10. The molecule has 2 aromatic rings. The molecular formula is C21H30N3P. The Kier molecular flexibility index (Phi) is 5.86. The van der Waals surface area contributed by atoms with Gasteiger partial charge in [-0.25, -0.2) is 0 Å². The third kappa shape index (κ3) is 4.27. The summed E-state index contributed by atoms with van der Waals surface area (Å²) in [7, 11) is 8.25. The normalized spacial score (nSPS) is 15.0. The second-order valence-corrected chi connectivity index (χ2v) is 9.46. The van der Waals surface area contributed by atoms with Gasteiger partial charge in [0.2, 0.25) is 0 Å². The Hall–Kier alpha value is -1.73. The highest BCUT2D eigenvalue weighted by molar-refractivity contribution is 7.59. The van der Waals surface area contributed by atoms with Crippen LogP contribution in [0.5, 0.6) is 0 Å². The molecule has 0 aromatic heterocycles. The molecule has 0 saturated carbocycles. The van der Waals surface area contributed by atoms with E-state index in [0.717, 1.165) is 0 Å². The summed E-state index contributed by atoms with van der Waals surface area (Å²) >= 11 is 0. The molecule has 0 bridgehead atoms.